The van der Waals surface area contributed by atoms with Crippen LogP contribution in [0.4, 0.5) is 19.0 Å². The number of aliphatic imine (C=N–C) groups is 1. The van der Waals surface area contributed by atoms with E-state index in [1.54, 1.807) is 30.3 Å². The minimum absolute atomic E-state index is 0.0278. The summed E-state index contributed by atoms with van der Waals surface area (Å²) in [7, 11) is 0. The van der Waals surface area contributed by atoms with Gasteiger partial charge in [0.15, 0.2) is 5.82 Å². The zero-order valence-electron chi connectivity index (χ0n) is 15.2. The molecule has 0 unspecified atom stereocenters. The van der Waals surface area contributed by atoms with E-state index in [0.29, 0.717) is 24.1 Å². The number of hydrogen-bond acceptors (Lipinski definition) is 3. The highest BCUT2D eigenvalue weighted by atomic mass is 19.4. The van der Waals surface area contributed by atoms with Crippen LogP contribution in [0, 0.1) is 5.41 Å². The third-order valence-corrected chi connectivity index (χ3v) is 4.48. The predicted molar refractivity (Wildman–Crippen MR) is 97.9 cm³/mol. The summed E-state index contributed by atoms with van der Waals surface area (Å²) in [5.74, 6) is -0.0586. The summed E-state index contributed by atoms with van der Waals surface area (Å²) in [4.78, 5) is 16.3. The zero-order valence-corrected chi connectivity index (χ0v) is 15.2. The Hall–Kier alpha value is -2.70. The van der Waals surface area contributed by atoms with Gasteiger partial charge in [-0.05, 0) is 23.0 Å². The Labute approximate surface area is 155 Å². The van der Waals surface area contributed by atoms with Gasteiger partial charge >= 0.3 is 6.18 Å². The molecule has 0 amide bonds. The van der Waals surface area contributed by atoms with Gasteiger partial charge in [-0.2, -0.15) is 18.3 Å². The zero-order chi connectivity index (χ0) is 19.8. The highest BCUT2D eigenvalue weighted by Crippen LogP contribution is 2.41. The number of Topliss-reactive ketones (excluding diaryl/α,β-unsaturated/α-hetero) is 1. The maximum atomic E-state index is 13.5. The summed E-state index contributed by atoms with van der Waals surface area (Å²) in [6.45, 7) is 7.72. The second-order valence-electron chi connectivity index (χ2n) is 7.55. The van der Waals surface area contributed by atoms with Gasteiger partial charge < -0.3 is 0 Å². The van der Waals surface area contributed by atoms with Crippen LogP contribution in [0.3, 0.4) is 0 Å². The number of aromatic amines is 1. The largest absolute Gasteiger partial charge is 0.433 e. The molecule has 0 aliphatic heterocycles. The molecule has 1 fully saturated rings. The lowest BCUT2D eigenvalue weighted by Crippen LogP contribution is -2.28. The van der Waals surface area contributed by atoms with Crippen molar-refractivity contribution in [2.45, 2.75) is 39.3 Å². The van der Waals surface area contributed by atoms with Gasteiger partial charge in [0.1, 0.15) is 11.5 Å². The Morgan fingerprint density at radius 1 is 1.22 bits per heavy atom. The van der Waals surface area contributed by atoms with Crippen LogP contribution in [0.2, 0.25) is 0 Å². The Balaban J connectivity index is 2.09. The molecule has 0 bridgehead atoms. The molecule has 1 saturated carbocycles. The number of hydrogen-bond donors (Lipinski definition) is 1. The van der Waals surface area contributed by atoms with Crippen molar-refractivity contribution in [3.8, 4) is 0 Å². The first-order valence-electron chi connectivity index (χ1n) is 8.55. The third kappa shape index (κ3) is 4.18. The number of carbonyl (C=O) groups is 1. The first kappa shape index (κ1) is 19.1. The molecule has 2 aromatic rings. The normalized spacial score (nSPS) is 18.7. The lowest BCUT2D eigenvalue weighted by molar-refractivity contribution is -0.141. The second-order valence-corrected chi connectivity index (χ2v) is 7.55. The molecule has 1 aliphatic rings. The van der Waals surface area contributed by atoms with Crippen LogP contribution in [0.25, 0.3) is 5.57 Å². The molecular weight excluding hydrogens is 355 g/mol. The van der Waals surface area contributed by atoms with E-state index in [1.807, 2.05) is 13.8 Å². The van der Waals surface area contributed by atoms with E-state index < -0.39 is 11.9 Å². The molecule has 142 valence electrons. The van der Waals surface area contributed by atoms with Crippen molar-refractivity contribution in [2.75, 3.05) is 0 Å². The summed E-state index contributed by atoms with van der Waals surface area (Å²) < 4.78 is 40.5. The van der Waals surface area contributed by atoms with Crippen molar-refractivity contribution in [2.24, 2.45) is 10.4 Å². The lowest BCUT2D eigenvalue weighted by Gasteiger charge is -2.29. The van der Waals surface area contributed by atoms with Crippen LogP contribution in [0.1, 0.15) is 49.9 Å². The molecule has 4 nitrogen and oxygen atoms in total. The van der Waals surface area contributed by atoms with Crippen LogP contribution in [0.15, 0.2) is 41.9 Å². The maximum absolute atomic E-state index is 13.5. The number of ketones is 1. The summed E-state index contributed by atoms with van der Waals surface area (Å²) >= 11 is 0. The van der Waals surface area contributed by atoms with Crippen LogP contribution in [-0.4, -0.2) is 21.7 Å². The lowest BCUT2D eigenvalue weighted by atomic mass is 9.76. The van der Waals surface area contributed by atoms with Gasteiger partial charge in [0, 0.05) is 18.6 Å². The molecule has 7 heteroatoms. The van der Waals surface area contributed by atoms with E-state index in [2.05, 4.69) is 21.8 Å². The van der Waals surface area contributed by atoms with Crippen LogP contribution < -0.4 is 0 Å². The molecule has 27 heavy (non-hydrogen) atoms. The number of H-pyrrole nitrogens is 1. The van der Waals surface area contributed by atoms with Crippen molar-refractivity contribution in [1.82, 2.24) is 10.2 Å². The van der Waals surface area contributed by atoms with Gasteiger partial charge in [-0.25, -0.2) is 4.99 Å². The molecule has 1 aliphatic carbocycles. The van der Waals surface area contributed by atoms with E-state index in [4.69, 9.17) is 0 Å². The van der Waals surface area contributed by atoms with Gasteiger partial charge in [-0.3, -0.25) is 9.89 Å². The summed E-state index contributed by atoms with van der Waals surface area (Å²) in [5, 5.41) is 5.85. The van der Waals surface area contributed by atoms with Crippen molar-refractivity contribution in [3.05, 3.63) is 53.7 Å². The second kappa shape index (κ2) is 6.79. The Bertz CT molecular complexity index is 908. The molecule has 0 saturated heterocycles. The number of nitrogens with zero attached hydrogens (tertiary/aromatic N) is 2. The van der Waals surface area contributed by atoms with Crippen molar-refractivity contribution < 1.29 is 18.0 Å². The fourth-order valence-corrected chi connectivity index (χ4v) is 3.42. The molecule has 1 aromatic heterocycles. The highest BCUT2D eigenvalue weighted by Gasteiger charge is 2.39. The number of halogens is 3. The number of alkyl halides is 3. The molecule has 1 N–H and O–H groups in total. The molecule has 3 rings (SSSR count). The monoisotopic (exact) mass is 375 g/mol. The SMILES string of the molecule is C=C(c1ccccc1)c1c(N=C2CC(=O)CC(C)(C)C2)n[nH]c1C(F)(F)F. The number of rotatable bonds is 3. The molecular formula is C20H20F3N3O. The maximum Gasteiger partial charge on any atom is 0.433 e. The first-order chi connectivity index (χ1) is 12.6. The predicted octanol–water partition coefficient (Wildman–Crippen LogP) is 5.34. The average Bonchev–Trinajstić information content (AvgIpc) is 2.96. The Kier molecular flexibility index (Phi) is 4.80. The van der Waals surface area contributed by atoms with Crippen LogP contribution in [-0.2, 0) is 11.0 Å². The van der Waals surface area contributed by atoms with Gasteiger partial charge in [0.05, 0.1) is 5.56 Å². The molecule has 0 spiro atoms. The molecule has 1 heterocycles. The van der Waals surface area contributed by atoms with E-state index in [1.165, 1.54) is 0 Å². The molecule has 1 aromatic carbocycles. The van der Waals surface area contributed by atoms with E-state index >= 15 is 0 Å². The topological polar surface area (TPSA) is 58.1 Å². The molecule has 0 radical (unpaired) electrons. The van der Waals surface area contributed by atoms with E-state index in [0.717, 1.165) is 0 Å². The Morgan fingerprint density at radius 2 is 1.89 bits per heavy atom. The quantitative estimate of drug-likeness (QED) is 0.787. The van der Waals surface area contributed by atoms with Crippen molar-refractivity contribution in [3.63, 3.8) is 0 Å². The van der Waals surface area contributed by atoms with Gasteiger partial charge in [-0.1, -0.05) is 50.8 Å². The van der Waals surface area contributed by atoms with Gasteiger partial charge in [-0.15, -0.1) is 0 Å². The van der Waals surface area contributed by atoms with Gasteiger partial charge in [0.2, 0.25) is 0 Å². The minimum atomic E-state index is -4.62. The fraction of sp³-hybridized carbons (Fsp3) is 0.350. The number of aromatic nitrogens is 2. The number of carbonyl (C=O) groups excluding carboxylic acids is 1. The number of benzene rings is 1. The van der Waals surface area contributed by atoms with Crippen molar-refractivity contribution >= 4 is 22.9 Å². The van der Waals surface area contributed by atoms with Gasteiger partial charge in [0.25, 0.3) is 0 Å². The smallest absolute Gasteiger partial charge is 0.299 e. The third-order valence-electron chi connectivity index (χ3n) is 4.48. The first-order valence-corrected chi connectivity index (χ1v) is 8.55. The van der Waals surface area contributed by atoms with E-state index in [9.17, 15) is 18.0 Å². The standard InChI is InChI=1S/C20H20F3N3O/c1-12(13-7-5-4-6-8-13)16-17(20(21,22)23)25-26-18(16)24-14-9-15(27)11-19(2,3)10-14/h4-8H,1,9-11H2,2-3H3,(H,25,26). The average molecular weight is 375 g/mol. The summed E-state index contributed by atoms with van der Waals surface area (Å²) in [6, 6.07) is 8.58. The van der Waals surface area contributed by atoms with Crippen molar-refractivity contribution in [1.29, 1.82) is 0 Å². The number of nitrogens with one attached hydrogen (secondary N) is 1. The van der Waals surface area contributed by atoms with Crippen LogP contribution >= 0.6 is 0 Å². The summed E-state index contributed by atoms with van der Waals surface area (Å²) in [5.41, 5.74) is -0.176. The van der Waals surface area contributed by atoms with E-state index in [-0.39, 0.29) is 34.6 Å². The fourth-order valence-electron chi connectivity index (χ4n) is 3.42. The minimum Gasteiger partial charge on any atom is -0.299 e. The summed E-state index contributed by atoms with van der Waals surface area (Å²) in [6.07, 6.45) is -3.52. The van der Waals surface area contributed by atoms with Crippen LogP contribution in [0.5, 0.6) is 0 Å². The Morgan fingerprint density at radius 3 is 2.48 bits per heavy atom. The molecule has 0 atom stereocenters. The highest BCUT2D eigenvalue weighted by molar-refractivity contribution is 6.06.